The molecule has 188 valence electrons. The molecule has 5 heterocycles. The molecular formula is C27H32N6O3. The van der Waals surface area contributed by atoms with E-state index in [1.54, 1.807) is 6.20 Å². The number of amides is 1. The Hall–Kier alpha value is -3.43. The summed E-state index contributed by atoms with van der Waals surface area (Å²) in [6, 6.07) is 6.42. The van der Waals surface area contributed by atoms with Crippen molar-refractivity contribution in [1.82, 2.24) is 29.5 Å². The van der Waals surface area contributed by atoms with Crippen LogP contribution in [0, 0.1) is 6.92 Å². The van der Waals surface area contributed by atoms with E-state index in [1.165, 1.54) is 5.56 Å². The summed E-state index contributed by atoms with van der Waals surface area (Å²) in [4.78, 5) is 37.1. The molecule has 6 rings (SSSR count). The highest BCUT2D eigenvalue weighted by molar-refractivity contribution is 6.07. The van der Waals surface area contributed by atoms with Crippen LogP contribution in [0.3, 0.4) is 0 Å². The number of aromatic nitrogens is 4. The number of piperazine rings is 1. The Bertz CT molecular complexity index is 1460. The fourth-order valence-corrected chi connectivity index (χ4v) is 5.71. The SMILES string of the molecule is Cc1cc2[nH]c(=O)c3cnn(C4CCOCC4)c3c2cc1C(=O)N1CCN(Cc2cc[nH]c2)[C@@H](C)C1. The van der Waals surface area contributed by atoms with Crippen LogP contribution >= 0.6 is 0 Å². The normalized spacial score (nSPS) is 19.9. The fourth-order valence-electron chi connectivity index (χ4n) is 5.71. The molecule has 2 fully saturated rings. The van der Waals surface area contributed by atoms with Crippen LogP contribution in [0.4, 0.5) is 0 Å². The van der Waals surface area contributed by atoms with Gasteiger partial charge in [-0.1, -0.05) is 0 Å². The number of carbonyl (C=O) groups excluding carboxylic acids is 1. The van der Waals surface area contributed by atoms with Crippen molar-refractivity contribution < 1.29 is 9.53 Å². The maximum Gasteiger partial charge on any atom is 0.259 e. The van der Waals surface area contributed by atoms with Gasteiger partial charge in [0.05, 0.1) is 28.7 Å². The van der Waals surface area contributed by atoms with Gasteiger partial charge in [-0.05, 0) is 56.0 Å². The number of nitrogens with one attached hydrogen (secondary N) is 2. The molecule has 2 N–H and O–H groups in total. The van der Waals surface area contributed by atoms with Gasteiger partial charge in [0.1, 0.15) is 0 Å². The first-order valence-electron chi connectivity index (χ1n) is 12.8. The van der Waals surface area contributed by atoms with Crippen molar-refractivity contribution >= 4 is 27.7 Å². The second-order valence-electron chi connectivity index (χ2n) is 10.2. The van der Waals surface area contributed by atoms with Gasteiger partial charge in [0, 0.05) is 68.8 Å². The number of hydrogen-bond acceptors (Lipinski definition) is 5. The smallest absolute Gasteiger partial charge is 0.259 e. The standard InChI is InChI=1S/C27H32N6O3/c1-17-11-24-22(25-23(26(34)30-24)14-29-33(25)20-4-9-36-10-5-20)12-21(17)27(35)32-8-7-31(18(2)15-32)16-19-3-6-28-13-19/h3,6,11-14,18,20,28H,4-5,7-10,15-16H2,1-2H3,(H,30,34)/t18-/m0/s1. The molecule has 2 aliphatic heterocycles. The lowest BCUT2D eigenvalue weighted by molar-refractivity contribution is 0.0495. The molecule has 36 heavy (non-hydrogen) atoms. The third kappa shape index (κ3) is 4.02. The summed E-state index contributed by atoms with van der Waals surface area (Å²) in [6.07, 6.45) is 7.33. The highest BCUT2D eigenvalue weighted by Gasteiger charge is 2.29. The lowest BCUT2D eigenvalue weighted by Gasteiger charge is -2.40. The minimum Gasteiger partial charge on any atom is -0.381 e. The first kappa shape index (κ1) is 23.0. The van der Waals surface area contributed by atoms with Gasteiger partial charge in [0.2, 0.25) is 0 Å². The molecule has 0 saturated carbocycles. The predicted molar refractivity (Wildman–Crippen MR) is 138 cm³/mol. The first-order valence-corrected chi connectivity index (χ1v) is 12.8. The lowest BCUT2D eigenvalue weighted by Crippen LogP contribution is -2.53. The summed E-state index contributed by atoms with van der Waals surface area (Å²) >= 11 is 0. The molecule has 0 radical (unpaired) electrons. The van der Waals surface area contributed by atoms with Crippen molar-refractivity contribution in [1.29, 1.82) is 0 Å². The van der Waals surface area contributed by atoms with E-state index >= 15 is 0 Å². The Balaban J connectivity index is 1.34. The molecule has 0 spiro atoms. The number of H-pyrrole nitrogens is 2. The number of benzene rings is 1. The van der Waals surface area contributed by atoms with Crippen LogP contribution in [0.15, 0.2) is 41.6 Å². The number of ether oxygens (including phenoxy) is 1. The molecule has 1 aromatic carbocycles. The Morgan fingerprint density at radius 3 is 2.78 bits per heavy atom. The Morgan fingerprint density at radius 2 is 2.03 bits per heavy atom. The van der Waals surface area contributed by atoms with Crippen molar-refractivity contribution in [3.8, 4) is 0 Å². The van der Waals surface area contributed by atoms with Gasteiger partial charge >= 0.3 is 0 Å². The van der Waals surface area contributed by atoms with Crippen molar-refractivity contribution in [3.63, 3.8) is 0 Å². The topological polar surface area (TPSA) is 99.2 Å². The summed E-state index contributed by atoms with van der Waals surface area (Å²) in [6.45, 7) is 8.57. The number of aromatic amines is 2. The van der Waals surface area contributed by atoms with E-state index in [9.17, 15) is 9.59 Å². The van der Waals surface area contributed by atoms with Crippen molar-refractivity contribution in [2.24, 2.45) is 0 Å². The molecule has 1 atom stereocenters. The molecule has 9 heteroatoms. The van der Waals surface area contributed by atoms with Crippen LogP contribution in [0.1, 0.15) is 47.3 Å². The Labute approximate surface area is 209 Å². The average Bonchev–Trinajstić information content (AvgIpc) is 3.56. The maximum atomic E-state index is 13.8. The first-order chi connectivity index (χ1) is 17.5. The number of aryl methyl sites for hydroxylation is 1. The summed E-state index contributed by atoms with van der Waals surface area (Å²) in [5, 5.41) is 6.02. The number of rotatable bonds is 4. The van der Waals surface area contributed by atoms with Crippen LogP contribution in [-0.2, 0) is 11.3 Å². The fraction of sp³-hybridized carbons (Fsp3) is 0.444. The van der Waals surface area contributed by atoms with Crippen LogP contribution in [-0.4, -0.2) is 74.3 Å². The van der Waals surface area contributed by atoms with Crippen molar-refractivity contribution in [2.45, 2.75) is 45.3 Å². The Morgan fingerprint density at radius 1 is 1.19 bits per heavy atom. The van der Waals surface area contributed by atoms with Crippen molar-refractivity contribution in [3.05, 3.63) is 63.8 Å². The number of pyridine rings is 1. The zero-order chi connectivity index (χ0) is 24.8. The summed E-state index contributed by atoms with van der Waals surface area (Å²) in [5.41, 5.74) is 4.19. The van der Waals surface area contributed by atoms with Crippen LogP contribution < -0.4 is 5.56 Å². The number of carbonyl (C=O) groups is 1. The molecule has 3 aromatic heterocycles. The number of hydrogen-bond donors (Lipinski definition) is 2. The summed E-state index contributed by atoms with van der Waals surface area (Å²) < 4.78 is 7.51. The van der Waals surface area contributed by atoms with E-state index in [4.69, 9.17) is 4.74 Å². The molecule has 2 aliphatic rings. The van der Waals surface area contributed by atoms with Crippen LogP contribution in [0.5, 0.6) is 0 Å². The molecular weight excluding hydrogens is 456 g/mol. The summed E-state index contributed by atoms with van der Waals surface area (Å²) in [5.74, 6) is 0.0408. The number of nitrogens with zero attached hydrogens (tertiary/aromatic N) is 4. The van der Waals surface area contributed by atoms with Gasteiger partial charge in [-0.15, -0.1) is 0 Å². The minimum atomic E-state index is -0.151. The quantitative estimate of drug-likeness (QED) is 0.460. The zero-order valence-electron chi connectivity index (χ0n) is 20.8. The van der Waals surface area contributed by atoms with Crippen LogP contribution in [0.2, 0.25) is 0 Å². The molecule has 2 saturated heterocycles. The van der Waals surface area contributed by atoms with E-state index in [1.807, 2.05) is 41.0 Å². The second kappa shape index (κ2) is 9.22. The average molecular weight is 489 g/mol. The van der Waals surface area contributed by atoms with Gasteiger partial charge in [-0.2, -0.15) is 5.10 Å². The zero-order valence-corrected chi connectivity index (χ0v) is 20.8. The monoisotopic (exact) mass is 488 g/mol. The molecule has 4 aromatic rings. The largest absolute Gasteiger partial charge is 0.381 e. The third-order valence-electron chi connectivity index (χ3n) is 7.78. The molecule has 0 aliphatic carbocycles. The van der Waals surface area contributed by atoms with E-state index in [2.05, 4.69) is 33.0 Å². The van der Waals surface area contributed by atoms with Gasteiger partial charge in [-0.25, -0.2) is 0 Å². The van der Waals surface area contributed by atoms with Gasteiger partial charge < -0.3 is 19.6 Å². The molecule has 0 unspecified atom stereocenters. The second-order valence-corrected chi connectivity index (χ2v) is 10.2. The predicted octanol–water partition coefficient (Wildman–Crippen LogP) is 3.21. The van der Waals surface area contributed by atoms with E-state index < -0.39 is 0 Å². The molecule has 1 amide bonds. The third-order valence-corrected chi connectivity index (χ3v) is 7.78. The van der Waals surface area contributed by atoms with Gasteiger partial charge in [0.25, 0.3) is 11.5 Å². The highest BCUT2D eigenvalue weighted by Crippen LogP contribution is 2.30. The minimum absolute atomic E-state index is 0.0408. The van der Waals surface area contributed by atoms with Gasteiger partial charge in [-0.3, -0.25) is 19.2 Å². The maximum absolute atomic E-state index is 13.8. The van der Waals surface area contributed by atoms with Gasteiger partial charge in [0.15, 0.2) is 0 Å². The number of fused-ring (bicyclic) bond motifs is 3. The van der Waals surface area contributed by atoms with E-state index in [-0.39, 0.29) is 23.6 Å². The summed E-state index contributed by atoms with van der Waals surface area (Å²) in [7, 11) is 0. The Kier molecular flexibility index (Phi) is 5.89. The van der Waals surface area contributed by atoms with E-state index in [0.717, 1.165) is 47.9 Å². The van der Waals surface area contributed by atoms with Crippen LogP contribution in [0.25, 0.3) is 21.8 Å². The molecule has 0 bridgehead atoms. The van der Waals surface area contributed by atoms with E-state index in [0.29, 0.717) is 37.3 Å². The molecule has 9 nitrogen and oxygen atoms in total. The van der Waals surface area contributed by atoms with Crippen molar-refractivity contribution in [2.75, 3.05) is 32.8 Å². The lowest BCUT2D eigenvalue weighted by atomic mass is 10.0. The highest BCUT2D eigenvalue weighted by atomic mass is 16.5.